The molecule has 1 aliphatic rings. The minimum Gasteiger partial charge on any atom is -0.465 e. The van der Waals surface area contributed by atoms with Crippen molar-refractivity contribution in [3.8, 4) is 11.6 Å². The van der Waals surface area contributed by atoms with Gasteiger partial charge in [0.25, 0.3) is 5.91 Å². The molecule has 1 aliphatic heterocycles. The van der Waals surface area contributed by atoms with E-state index in [1.165, 1.54) is 17.0 Å². The maximum atomic E-state index is 14.1. The highest BCUT2D eigenvalue weighted by Gasteiger charge is 2.59. The normalized spacial score (nSPS) is 17.1. The highest BCUT2D eigenvalue weighted by Crippen LogP contribution is 2.51. The van der Waals surface area contributed by atoms with Crippen LogP contribution in [0.3, 0.4) is 0 Å². The molecule has 4 N–H and O–H groups in total. The molecule has 0 aliphatic carbocycles. The van der Waals surface area contributed by atoms with Gasteiger partial charge in [0.05, 0.1) is 0 Å². The van der Waals surface area contributed by atoms with E-state index in [1.807, 2.05) is 20.8 Å². The molecule has 9 heteroatoms. The summed E-state index contributed by atoms with van der Waals surface area (Å²) in [6.45, 7) is 5.59. The Labute approximate surface area is 208 Å². The Balaban J connectivity index is 1.85. The lowest BCUT2D eigenvalue weighted by Crippen LogP contribution is -2.65. The van der Waals surface area contributed by atoms with Crippen LogP contribution in [-0.4, -0.2) is 39.4 Å². The van der Waals surface area contributed by atoms with Gasteiger partial charge in [-0.25, -0.2) is 9.78 Å². The van der Waals surface area contributed by atoms with E-state index in [0.717, 1.165) is 5.56 Å². The molecule has 0 radical (unpaired) electrons. The van der Waals surface area contributed by atoms with Gasteiger partial charge >= 0.3 is 6.09 Å². The van der Waals surface area contributed by atoms with Gasteiger partial charge in [0.1, 0.15) is 5.75 Å². The molecule has 0 saturated carbocycles. The molecule has 0 saturated heterocycles. The molecule has 186 valence electrons. The number of fused-ring (bicyclic) bond motifs is 1. The highest BCUT2D eigenvalue weighted by atomic mass is 16.5. The third kappa shape index (κ3) is 4.24. The van der Waals surface area contributed by atoms with Crippen molar-refractivity contribution in [2.24, 2.45) is 11.1 Å². The number of benzene rings is 2. The van der Waals surface area contributed by atoms with Crippen molar-refractivity contribution in [1.82, 2.24) is 9.88 Å². The van der Waals surface area contributed by atoms with E-state index in [9.17, 15) is 19.5 Å². The summed E-state index contributed by atoms with van der Waals surface area (Å²) < 4.78 is 6.06. The third-order valence-electron chi connectivity index (χ3n) is 6.44. The summed E-state index contributed by atoms with van der Waals surface area (Å²) in [7, 11) is 0. The minimum absolute atomic E-state index is 0.0935. The van der Waals surface area contributed by atoms with Gasteiger partial charge in [-0.3, -0.25) is 14.5 Å². The molecule has 3 amide bonds. The Morgan fingerprint density at radius 2 is 1.78 bits per heavy atom. The number of pyridine rings is 1. The standard InChI is InChI=1S/C27H28N4O5/c1-26(2,3)27(24(33)30-18-12-10-17(11-13-18)23(28)32)20-7-6-8-21(36-22-9-4-5-15-29-22)19(20)14-16-31(27)25(34)35/h4-13,15H,14,16H2,1-3H3,(H2,28,32)(H,30,33)(H,34,35). The number of carbonyl (C=O) groups excluding carboxylic acids is 2. The van der Waals surface area contributed by atoms with Gasteiger partial charge in [-0.05, 0) is 53.8 Å². The van der Waals surface area contributed by atoms with Crippen LogP contribution in [0, 0.1) is 5.41 Å². The van der Waals surface area contributed by atoms with E-state index < -0.39 is 28.9 Å². The highest BCUT2D eigenvalue weighted by molar-refractivity contribution is 6.02. The van der Waals surface area contributed by atoms with Gasteiger partial charge in [0.15, 0.2) is 5.54 Å². The second-order valence-corrected chi connectivity index (χ2v) is 9.59. The summed E-state index contributed by atoms with van der Waals surface area (Å²) in [5.74, 6) is -0.187. The summed E-state index contributed by atoms with van der Waals surface area (Å²) in [6.07, 6.45) is 0.780. The van der Waals surface area contributed by atoms with E-state index in [0.29, 0.717) is 34.9 Å². The van der Waals surface area contributed by atoms with Crippen LogP contribution in [0.1, 0.15) is 42.3 Å². The number of nitrogens with one attached hydrogen (secondary N) is 1. The van der Waals surface area contributed by atoms with Gasteiger partial charge in [0, 0.05) is 35.6 Å². The van der Waals surface area contributed by atoms with Gasteiger partial charge < -0.3 is 20.9 Å². The molecular weight excluding hydrogens is 460 g/mol. The van der Waals surface area contributed by atoms with Crippen LogP contribution in [0.15, 0.2) is 66.9 Å². The monoisotopic (exact) mass is 488 g/mol. The molecule has 1 atom stereocenters. The first-order valence-electron chi connectivity index (χ1n) is 11.5. The zero-order valence-electron chi connectivity index (χ0n) is 20.3. The number of hydrogen-bond donors (Lipinski definition) is 3. The van der Waals surface area contributed by atoms with E-state index >= 15 is 0 Å². The number of amides is 3. The molecular formula is C27H28N4O5. The second-order valence-electron chi connectivity index (χ2n) is 9.59. The van der Waals surface area contributed by atoms with Crippen LogP contribution in [0.5, 0.6) is 11.6 Å². The van der Waals surface area contributed by atoms with E-state index in [4.69, 9.17) is 10.5 Å². The average Bonchev–Trinajstić information content (AvgIpc) is 2.83. The Kier molecular flexibility index (Phi) is 6.41. The number of nitrogens with two attached hydrogens (primary N) is 1. The van der Waals surface area contributed by atoms with Crippen molar-refractivity contribution in [3.05, 3.63) is 83.6 Å². The van der Waals surface area contributed by atoms with Crippen molar-refractivity contribution in [1.29, 1.82) is 0 Å². The molecule has 0 bridgehead atoms. The number of carboxylic acid groups (broad SMARTS) is 1. The van der Waals surface area contributed by atoms with Crippen LogP contribution in [0.25, 0.3) is 0 Å². The Bertz CT molecular complexity index is 1300. The summed E-state index contributed by atoms with van der Waals surface area (Å²) >= 11 is 0. The van der Waals surface area contributed by atoms with Crippen LogP contribution in [-0.2, 0) is 16.8 Å². The number of primary amides is 1. The lowest BCUT2D eigenvalue weighted by Gasteiger charge is -2.52. The van der Waals surface area contributed by atoms with E-state index in [-0.39, 0.29) is 6.54 Å². The predicted octanol–water partition coefficient (Wildman–Crippen LogP) is 4.39. The van der Waals surface area contributed by atoms with Crippen molar-refractivity contribution in [2.75, 3.05) is 11.9 Å². The fourth-order valence-corrected chi connectivity index (χ4v) is 4.89. The number of hydrogen-bond acceptors (Lipinski definition) is 5. The maximum Gasteiger partial charge on any atom is 0.408 e. The van der Waals surface area contributed by atoms with Gasteiger partial charge in [-0.1, -0.05) is 39.0 Å². The molecule has 2 aromatic carbocycles. The zero-order valence-corrected chi connectivity index (χ0v) is 20.3. The molecule has 36 heavy (non-hydrogen) atoms. The molecule has 1 aromatic heterocycles. The van der Waals surface area contributed by atoms with Crippen molar-refractivity contribution in [3.63, 3.8) is 0 Å². The summed E-state index contributed by atoms with van der Waals surface area (Å²) in [4.78, 5) is 43.5. The van der Waals surface area contributed by atoms with Gasteiger partial charge in [-0.2, -0.15) is 0 Å². The fourth-order valence-electron chi connectivity index (χ4n) is 4.89. The smallest absolute Gasteiger partial charge is 0.408 e. The number of nitrogens with zero attached hydrogens (tertiary/aromatic N) is 2. The second kappa shape index (κ2) is 9.33. The molecule has 4 rings (SSSR count). The Morgan fingerprint density at radius 1 is 1.06 bits per heavy atom. The fraction of sp³-hybridized carbons (Fsp3) is 0.259. The number of ether oxygens (including phenoxy) is 1. The molecule has 2 heterocycles. The summed E-state index contributed by atoms with van der Waals surface area (Å²) in [6, 6.07) is 16.8. The third-order valence-corrected chi connectivity index (χ3v) is 6.44. The first-order valence-corrected chi connectivity index (χ1v) is 11.5. The topological polar surface area (TPSA) is 135 Å². The number of aromatic nitrogens is 1. The van der Waals surface area contributed by atoms with E-state index in [2.05, 4.69) is 10.3 Å². The molecule has 9 nitrogen and oxygen atoms in total. The predicted molar refractivity (Wildman–Crippen MR) is 134 cm³/mol. The number of carbonyl (C=O) groups is 3. The van der Waals surface area contributed by atoms with Crippen LogP contribution < -0.4 is 15.8 Å². The van der Waals surface area contributed by atoms with Crippen LogP contribution in [0.4, 0.5) is 10.5 Å². The average molecular weight is 489 g/mol. The zero-order chi connectivity index (χ0) is 26.1. The Morgan fingerprint density at radius 3 is 2.36 bits per heavy atom. The summed E-state index contributed by atoms with van der Waals surface area (Å²) in [5.41, 5.74) is 4.87. The number of anilines is 1. The quantitative estimate of drug-likeness (QED) is 0.488. The van der Waals surface area contributed by atoms with Gasteiger partial charge in [-0.15, -0.1) is 0 Å². The van der Waals surface area contributed by atoms with Crippen molar-refractivity contribution in [2.45, 2.75) is 32.7 Å². The minimum atomic E-state index is -1.59. The first kappa shape index (κ1) is 24.7. The van der Waals surface area contributed by atoms with Gasteiger partial charge in [0.2, 0.25) is 11.8 Å². The SMILES string of the molecule is CC(C)(C)C1(C(=O)Nc2ccc(C(N)=O)cc2)c2cccc(Oc3ccccn3)c2CCN1C(=O)O. The lowest BCUT2D eigenvalue weighted by atomic mass is 9.64. The number of rotatable bonds is 5. The molecule has 0 spiro atoms. The van der Waals surface area contributed by atoms with Crippen molar-refractivity contribution >= 4 is 23.6 Å². The molecule has 1 unspecified atom stereocenters. The van der Waals surface area contributed by atoms with E-state index in [1.54, 1.807) is 54.7 Å². The van der Waals surface area contributed by atoms with Crippen LogP contribution in [0.2, 0.25) is 0 Å². The Hall–Kier alpha value is -4.40. The first-order chi connectivity index (χ1) is 17.1. The maximum absolute atomic E-state index is 14.1. The van der Waals surface area contributed by atoms with Crippen molar-refractivity contribution < 1.29 is 24.2 Å². The van der Waals surface area contributed by atoms with Crippen LogP contribution >= 0.6 is 0 Å². The largest absolute Gasteiger partial charge is 0.465 e. The lowest BCUT2D eigenvalue weighted by molar-refractivity contribution is -0.136. The molecule has 3 aromatic rings. The molecule has 0 fully saturated rings. The summed E-state index contributed by atoms with van der Waals surface area (Å²) in [5, 5.41) is 13.1.